The first-order valence-electron chi connectivity index (χ1n) is 8.91. The van der Waals surface area contributed by atoms with Gasteiger partial charge in [0.1, 0.15) is 6.04 Å². The zero-order valence-electron chi connectivity index (χ0n) is 15.7. The number of carbonyl (C=O) groups is 3. The van der Waals surface area contributed by atoms with Crippen molar-refractivity contribution in [3.63, 3.8) is 0 Å². The van der Waals surface area contributed by atoms with Crippen LogP contribution in [0.3, 0.4) is 0 Å². The van der Waals surface area contributed by atoms with E-state index in [-0.39, 0.29) is 13.0 Å². The minimum Gasteiger partial charge on any atom is -0.493 e. The molecule has 8 nitrogen and oxygen atoms in total. The van der Waals surface area contributed by atoms with Gasteiger partial charge in [-0.2, -0.15) is 0 Å². The van der Waals surface area contributed by atoms with Crippen molar-refractivity contribution >= 4 is 17.8 Å². The fraction of sp³-hybridized carbons (Fsp3) is 0.526. The maximum atomic E-state index is 12.3. The van der Waals surface area contributed by atoms with Gasteiger partial charge in [-0.1, -0.05) is 6.07 Å². The van der Waals surface area contributed by atoms with Gasteiger partial charge in [-0.25, -0.2) is 0 Å². The van der Waals surface area contributed by atoms with Crippen LogP contribution in [0.4, 0.5) is 0 Å². The fourth-order valence-corrected chi connectivity index (χ4v) is 3.11. The molecule has 1 fully saturated rings. The average molecular weight is 378 g/mol. The van der Waals surface area contributed by atoms with Crippen molar-refractivity contribution in [3.8, 4) is 11.5 Å². The Balaban J connectivity index is 1.82. The van der Waals surface area contributed by atoms with Gasteiger partial charge < -0.3 is 24.8 Å². The van der Waals surface area contributed by atoms with Crippen molar-refractivity contribution in [2.45, 2.75) is 38.1 Å². The van der Waals surface area contributed by atoms with Gasteiger partial charge in [0, 0.05) is 13.0 Å². The van der Waals surface area contributed by atoms with E-state index >= 15 is 0 Å². The van der Waals surface area contributed by atoms with Crippen LogP contribution in [0, 0.1) is 0 Å². The third-order valence-corrected chi connectivity index (χ3v) is 4.57. The minimum absolute atomic E-state index is 0.127. The maximum absolute atomic E-state index is 12.3. The fourth-order valence-electron chi connectivity index (χ4n) is 3.11. The third-order valence-electron chi connectivity index (χ3n) is 4.57. The number of piperidine rings is 1. The molecule has 1 atom stereocenters. The van der Waals surface area contributed by atoms with Gasteiger partial charge in [0.15, 0.2) is 18.1 Å². The van der Waals surface area contributed by atoms with E-state index in [4.69, 9.17) is 19.9 Å². The molecule has 0 aromatic heterocycles. The van der Waals surface area contributed by atoms with E-state index in [1.807, 2.05) is 6.07 Å². The number of ether oxygens (including phenoxy) is 3. The van der Waals surface area contributed by atoms with Gasteiger partial charge in [0.05, 0.1) is 14.2 Å². The topological polar surface area (TPSA) is 108 Å². The highest BCUT2D eigenvalue weighted by Gasteiger charge is 2.30. The number of aryl methyl sites for hydroxylation is 1. The van der Waals surface area contributed by atoms with Crippen LogP contribution in [0.2, 0.25) is 0 Å². The summed E-state index contributed by atoms with van der Waals surface area (Å²) in [7, 11) is 3.10. The summed E-state index contributed by atoms with van der Waals surface area (Å²) in [4.78, 5) is 37.1. The molecule has 148 valence electrons. The number of primary amides is 1. The minimum atomic E-state index is -0.614. The van der Waals surface area contributed by atoms with Crippen LogP contribution in [0.1, 0.15) is 31.2 Å². The summed E-state index contributed by atoms with van der Waals surface area (Å²) >= 11 is 0. The Morgan fingerprint density at radius 3 is 2.56 bits per heavy atom. The number of nitrogens with zero attached hydrogens (tertiary/aromatic N) is 1. The molecule has 2 amide bonds. The lowest BCUT2D eigenvalue weighted by atomic mass is 10.0. The molecule has 0 aliphatic carbocycles. The van der Waals surface area contributed by atoms with Crippen molar-refractivity contribution < 1.29 is 28.6 Å². The van der Waals surface area contributed by atoms with E-state index in [2.05, 4.69) is 0 Å². The lowest BCUT2D eigenvalue weighted by Crippen LogP contribution is -2.51. The lowest BCUT2D eigenvalue weighted by molar-refractivity contribution is -0.154. The molecule has 0 radical (unpaired) electrons. The molecule has 2 N–H and O–H groups in total. The largest absolute Gasteiger partial charge is 0.493 e. The number of nitrogens with two attached hydrogens (primary N) is 1. The van der Waals surface area contributed by atoms with Gasteiger partial charge in [-0.05, 0) is 43.4 Å². The highest BCUT2D eigenvalue weighted by Crippen LogP contribution is 2.28. The molecule has 0 spiro atoms. The van der Waals surface area contributed by atoms with E-state index in [0.29, 0.717) is 30.9 Å². The van der Waals surface area contributed by atoms with Crippen LogP contribution < -0.4 is 15.2 Å². The Morgan fingerprint density at radius 2 is 1.89 bits per heavy atom. The Kier molecular flexibility index (Phi) is 7.45. The molecule has 1 aliphatic heterocycles. The number of methoxy groups -OCH3 is 2. The third kappa shape index (κ3) is 5.60. The first-order valence-corrected chi connectivity index (χ1v) is 8.91. The molecule has 1 aromatic carbocycles. The van der Waals surface area contributed by atoms with Crippen molar-refractivity contribution in [1.82, 2.24) is 4.90 Å². The molecule has 0 saturated carbocycles. The second kappa shape index (κ2) is 9.80. The molecule has 1 saturated heterocycles. The van der Waals surface area contributed by atoms with Crippen LogP contribution in [-0.4, -0.2) is 56.1 Å². The summed E-state index contributed by atoms with van der Waals surface area (Å²) in [5.41, 5.74) is 6.24. The normalized spacial score (nSPS) is 16.5. The van der Waals surface area contributed by atoms with Crippen LogP contribution >= 0.6 is 0 Å². The monoisotopic (exact) mass is 378 g/mol. The van der Waals surface area contributed by atoms with E-state index in [0.717, 1.165) is 18.4 Å². The number of hydrogen-bond acceptors (Lipinski definition) is 6. The number of carbonyl (C=O) groups excluding carboxylic acids is 3. The van der Waals surface area contributed by atoms with Crippen LogP contribution in [0.25, 0.3) is 0 Å². The standard InChI is InChI=1S/C19H26N2O6/c1-25-15-8-6-13(11-16(15)26-2)7-9-18(23)27-12-17(22)21-10-4-3-5-14(21)19(20)24/h6,8,11,14H,3-5,7,9-10,12H2,1-2H3,(H2,20,24)/t14-/m1/s1. The van der Waals surface area contributed by atoms with Gasteiger partial charge in [0.2, 0.25) is 5.91 Å². The summed E-state index contributed by atoms with van der Waals surface area (Å²) in [5.74, 6) is -0.201. The maximum Gasteiger partial charge on any atom is 0.306 e. The predicted molar refractivity (Wildman–Crippen MR) is 97.4 cm³/mol. The molecule has 27 heavy (non-hydrogen) atoms. The number of rotatable bonds is 8. The van der Waals surface area contributed by atoms with Gasteiger partial charge >= 0.3 is 5.97 Å². The Bertz CT molecular complexity index is 691. The molecule has 0 bridgehead atoms. The first kappa shape index (κ1) is 20.5. The molecular formula is C19H26N2O6. The molecular weight excluding hydrogens is 352 g/mol. The Hall–Kier alpha value is -2.77. The second-order valence-corrected chi connectivity index (χ2v) is 6.35. The molecule has 1 aliphatic rings. The zero-order valence-corrected chi connectivity index (χ0v) is 15.7. The van der Waals surface area contributed by atoms with Crippen molar-refractivity contribution in [1.29, 1.82) is 0 Å². The van der Waals surface area contributed by atoms with E-state index in [1.54, 1.807) is 26.4 Å². The average Bonchev–Trinajstić information content (AvgIpc) is 2.69. The van der Waals surface area contributed by atoms with Gasteiger partial charge in [0.25, 0.3) is 5.91 Å². The summed E-state index contributed by atoms with van der Waals surface area (Å²) in [6, 6.07) is 4.79. The van der Waals surface area contributed by atoms with Crippen molar-refractivity contribution in [2.24, 2.45) is 5.73 Å². The number of likely N-dealkylation sites (tertiary alicyclic amines) is 1. The van der Waals surface area contributed by atoms with Crippen LogP contribution in [0.5, 0.6) is 11.5 Å². The predicted octanol–water partition coefficient (Wildman–Crippen LogP) is 1.05. The van der Waals surface area contributed by atoms with E-state index in [9.17, 15) is 14.4 Å². The molecule has 1 heterocycles. The Morgan fingerprint density at radius 1 is 1.15 bits per heavy atom. The Labute approximate surface area is 158 Å². The van der Waals surface area contributed by atoms with Crippen molar-refractivity contribution in [2.75, 3.05) is 27.4 Å². The van der Waals surface area contributed by atoms with Crippen molar-refractivity contribution in [3.05, 3.63) is 23.8 Å². The highest BCUT2D eigenvalue weighted by molar-refractivity contribution is 5.88. The number of hydrogen-bond donors (Lipinski definition) is 1. The molecule has 2 rings (SSSR count). The zero-order chi connectivity index (χ0) is 19.8. The highest BCUT2D eigenvalue weighted by atomic mass is 16.5. The quantitative estimate of drug-likeness (QED) is 0.677. The molecule has 8 heteroatoms. The van der Waals surface area contributed by atoms with Crippen LogP contribution in [0.15, 0.2) is 18.2 Å². The molecule has 1 aromatic rings. The van der Waals surface area contributed by atoms with Gasteiger partial charge in [-0.3, -0.25) is 14.4 Å². The SMILES string of the molecule is COc1ccc(CCC(=O)OCC(=O)N2CCCC[C@@H]2C(N)=O)cc1OC. The van der Waals surface area contributed by atoms with E-state index in [1.165, 1.54) is 4.90 Å². The first-order chi connectivity index (χ1) is 13.0. The lowest BCUT2D eigenvalue weighted by Gasteiger charge is -2.33. The second-order valence-electron chi connectivity index (χ2n) is 6.35. The number of esters is 1. The summed E-state index contributed by atoms with van der Waals surface area (Å²) in [6.45, 7) is 0.0736. The van der Waals surface area contributed by atoms with Gasteiger partial charge in [-0.15, -0.1) is 0 Å². The number of benzene rings is 1. The summed E-state index contributed by atoms with van der Waals surface area (Å²) in [5, 5.41) is 0. The van der Waals surface area contributed by atoms with E-state index < -0.39 is 23.8 Å². The number of amides is 2. The summed E-state index contributed by atoms with van der Waals surface area (Å²) < 4.78 is 15.5. The molecule has 0 unspecified atom stereocenters. The van der Waals surface area contributed by atoms with Crippen LogP contribution in [-0.2, 0) is 25.5 Å². The smallest absolute Gasteiger partial charge is 0.306 e. The summed E-state index contributed by atoms with van der Waals surface area (Å²) in [6.07, 6.45) is 2.78.